The number of carbonyl (C=O) groups is 2. The average molecular weight is 196 g/mol. The van der Waals surface area contributed by atoms with Crippen molar-refractivity contribution in [2.24, 2.45) is 0 Å². The van der Waals surface area contributed by atoms with Gasteiger partial charge >= 0.3 is 5.97 Å². The molecule has 0 aliphatic carbocycles. The molecule has 0 N–H and O–H groups in total. The summed E-state index contributed by atoms with van der Waals surface area (Å²) in [4.78, 5) is 23.1. The number of esters is 1. The van der Waals surface area contributed by atoms with Crippen molar-refractivity contribution >= 4 is 11.8 Å². The van der Waals surface area contributed by atoms with Gasteiger partial charge in [-0.25, -0.2) is 4.79 Å². The van der Waals surface area contributed by atoms with Gasteiger partial charge in [0.2, 0.25) is 0 Å². The maximum absolute atomic E-state index is 11.6. The van der Waals surface area contributed by atoms with Crippen LogP contribution in [-0.2, 0) is 19.1 Å². The van der Waals surface area contributed by atoms with E-state index in [4.69, 9.17) is 4.74 Å². The van der Waals surface area contributed by atoms with Crippen LogP contribution in [0.3, 0.4) is 0 Å². The molecule has 1 atom stereocenters. The number of rotatable bonds is 2. The van der Waals surface area contributed by atoms with Crippen molar-refractivity contribution in [2.75, 3.05) is 13.7 Å². The van der Waals surface area contributed by atoms with Crippen LogP contribution in [0.15, 0.2) is 17.9 Å². The van der Waals surface area contributed by atoms with Gasteiger partial charge < -0.3 is 9.47 Å². The molecule has 14 heavy (non-hydrogen) atoms. The molecule has 1 saturated heterocycles. The largest absolute Gasteiger partial charge is 0.466 e. The Balaban J connectivity index is 3.21. The lowest BCUT2D eigenvalue weighted by molar-refractivity contribution is -0.162. The van der Waals surface area contributed by atoms with Crippen molar-refractivity contribution in [3.05, 3.63) is 17.9 Å². The van der Waals surface area contributed by atoms with Crippen LogP contribution in [0.4, 0.5) is 0 Å². The van der Waals surface area contributed by atoms with E-state index in [1.165, 1.54) is 7.11 Å². The second-order valence-corrected chi connectivity index (χ2v) is 3.00. The quantitative estimate of drug-likeness (QED) is 0.369. The van der Waals surface area contributed by atoms with Crippen LogP contribution in [0.5, 0.6) is 0 Å². The van der Waals surface area contributed by atoms with Crippen LogP contribution in [0.1, 0.15) is 13.3 Å². The predicted octanol–water partition coefficient (Wildman–Crippen LogP) is 0.619. The Morgan fingerprint density at radius 2 is 2.36 bits per heavy atom. The van der Waals surface area contributed by atoms with E-state index in [1.807, 2.05) is 0 Å². The minimum Gasteiger partial charge on any atom is -0.466 e. The molecule has 0 saturated carbocycles. The molecule has 0 amide bonds. The molecule has 4 nitrogen and oxygen atoms in total. The minimum absolute atomic E-state index is 0.216. The zero-order chi connectivity index (χ0) is 10.8. The fourth-order valence-electron chi connectivity index (χ4n) is 1.46. The topological polar surface area (TPSA) is 52.6 Å². The van der Waals surface area contributed by atoms with E-state index in [2.05, 4.69) is 17.0 Å². The molecule has 1 aliphatic heterocycles. The monoisotopic (exact) mass is 196 g/mol. The highest BCUT2D eigenvalue weighted by Gasteiger charge is 2.53. The van der Waals surface area contributed by atoms with Crippen molar-refractivity contribution in [3.63, 3.8) is 0 Å². The van der Waals surface area contributed by atoms with Crippen molar-refractivity contribution < 1.29 is 19.1 Å². The van der Waals surface area contributed by atoms with E-state index >= 15 is 0 Å². The standard InChI is InChI=1S/C10H12O4/c1-4-7(2)10(9(12)13-3)8(11)5-6-14-10/h1,5-6H2,2-3H3/t10-/m0/s1. The van der Waals surface area contributed by atoms with Crippen molar-refractivity contribution in [2.45, 2.75) is 18.9 Å². The summed E-state index contributed by atoms with van der Waals surface area (Å²) in [6, 6.07) is 0. The third-order valence-corrected chi connectivity index (χ3v) is 2.31. The fraction of sp³-hybridized carbons (Fsp3) is 0.500. The smallest absolute Gasteiger partial charge is 0.351 e. The molecule has 0 radical (unpaired) electrons. The second-order valence-electron chi connectivity index (χ2n) is 3.00. The van der Waals surface area contributed by atoms with E-state index in [0.717, 1.165) is 0 Å². The Kier molecular flexibility index (Phi) is 2.89. The molecule has 0 bridgehead atoms. The van der Waals surface area contributed by atoms with Crippen molar-refractivity contribution in [1.82, 2.24) is 0 Å². The van der Waals surface area contributed by atoms with E-state index in [9.17, 15) is 9.59 Å². The van der Waals surface area contributed by atoms with Crippen LogP contribution in [0.2, 0.25) is 0 Å². The minimum atomic E-state index is -1.59. The molecule has 0 unspecified atom stereocenters. The Morgan fingerprint density at radius 1 is 1.71 bits per heavy atom. The summed E-state index contributed by atoms with van der Waals surface area (Å²) in [5, 5.41) is 0. The summed E-state index contributed by atoms with van der Waals surface area (Å²) < 4.78 is 9.75. The summed E-state index contributed by atoms with van der Waals surface area (Å²) in [6.45, 7) is 5.20. The highest BCUT2D eigenvalue weighted by molar-refractivity contribution is 6.11. The first-order valence-corrected chi connectivity index (χ1v) is 4.22. The highest BCUT2D eigenvalue weighted by Crippen LogP contribution is 2.30. The maximum atomic E-state index is 11.6. The van der Waals surface area contributed by atoms with Gasteiger partial charge in [0.1, 0.15) is 0 Å². The number of hydrogen-bond acceptors (Lipinski definition) is 4. The van der Waals surface area contributed by atoms with E-state index in [0.29, 0.717) is 5.57 Å². The van der Waals surface area contributed by atoms with Gasteiger partial charge in [-0.3, -0.25) is 4.79 Å². The third-order valence-electron chi connectivity index (χ3n) is 2.31. The van der Waals surface area contributed by atoms with E-state index < -0.39 is 11.6 Å². The van der Waals surface area contributed by atoms with Gasteiger partial charge in [0.15, 0.2) is 5.78 Å². The summed E-state index contributed by atoms with van der Waals surface area (Å²) in [7, 11) is 1.22. The third kappa shape index (κ3) is 1.29. The number of Topliss-reactive ketones (excluding diaryl/α,β-unsaturated/α-hetero) is 1. The van der Waals surface area contributed by atoms with Crippen LogP contribution in [-0.4, -0.2) is 31.1 Å². The summed E-state index contributed by atoms with van der Waals surface area (Å²) in [5.74, 6) is -0.994. The molecule has 0 aromatic carbocycles. The molecule has 1 rings (SSSR count). The Labute approximate surface area is 82.2 Å². The lowest BCUT2D eigenvalue weighted by Gasteiger charge is -2.22. The van der Waals surface area contributed by atoms with E-state index in [1.54, 1.807) is 6.92 Å². The Morgan fingerprint density at radius 3 is 2.71 bits per heavy atom. The molecule has 1 fully saturated rings. The molecule has 76 valence electrons. The molecule has 1 heterocycles. The lowest BCUT2D eigenvalue weighted by Crippen LogP contribution is -2.46. The zero-order valence-electron chi connectivity index (χ0n) is 8.25. The zero-order valence-corrected chi connectivity index (χ0v) is 8.25. The van der Waals surface area contributed by atoms with Crippen molar-refractivity contribution in [3.8, 4) is 0 Å². The first-order valence-electron chi connectivity index (χ1n) is 4.22. The fourth-order valence-corrected chi connectivity index (χ4v) is 1.46. The maximum Gasteiger partial charge on any atom is 0.351 e. The first kappa shape index (κ1) is 10.7. The predicted molar refractivity (Wildman–Crippen MR) is 48.7 cm³/mol. The second kappa shape index (κ2) is 3.78. The van der Waals surface area contributed by atoms with Gasteiger partial charge in [0.25, 0.3) is 5.60 Å². The van der Waals surface area contributed by atoms with Crippen LogP contribution >= 0.6 is 0 Å². The van der Waals surface area contributed by atoms with Crippen molar-refractivity contribution in [1.29, 1.82) is 0 Å². The molecule has 0 aromatic heterocycles. The average Bonchev–Trinajstić information content (AvgIpc) is 2.59. The SMILES string of the molecule is C=C=C(C)[C@]1(C(=O)OC)OCCC1=O. The normalized spacial score (nSPS) is 25.7. The molecule has 0 aromatic rings. The first-order chi connectivity index (χ1) is 6.59. The summed E-state index contributed by atoms with van der Waals surface area (Å²) in [5.41, 5.74) is 1.28. The summed E-state index contributed by atoms with van der Waals surface area (Å²) in [6.07, 6.45) is 0.216. The van der Waals surface area contributed by atoms with E-state index in [-0.39, 0.29) is 18.8 Å². The van der Waals surface area contributed by atoms with Gasteiger partial charge in [-0.2, -0.15) is 0 Å². The van der Waals surface area contributed by atoms with Crippen LogP contribution in [0.25, 0.3) is 0 Å². The molecule has 1 aliphatic rings. The summed E-state index contributed by atoms with van der Waals surface area (Å²) >= 11 is 0. The molecule has 4 heteroatoms. The number of ketones is 1. The Bertz CT molecular complexity index is 325. The number of carbonyl (C=O) groups excluding carboxylic acids is 2. The lowest BCUT2D eigenvalue weighted by atomic mass is 9.91. The molecular formula is C10H12O4. The van der Waals surface area contributed by atoms with Gasteiger partial charge in [-0.15, -0.1) is 5.73 Å². The molecule has 0 spiro atoms. The highest BCUT2D eigenvalue weighted by atomic mass is 16.6. The van der Waals surface area contributed by atoms with Crippen LogP contribution in [0, 0.1) is 0 Å². The van der Waals surface area contributed by atoms with Gasteiger partial charge in [0, 0.05) is 12.0 Å². The number of ether oxygens (including phenoxy) is 2. The van der Waals surface area contributed by atoms with Crippen LogP contribution < -0.4 is 0 Å². The van der Waals surface area contributed by atoms with Gasteiger partial charge in [-0.1, -0.05) is 6.58 Å². The van der Waals surface area contributed by atoms with Gasteiger partial charge in [-0.05, 0) is 6.92 Å². The number of methoxy groups -OCH3 is 1. The van der Waals surface area contributed by atoms with Gasteiger partial charge in [0.05, 0.1) is 13.7 Å². The Hall–Kier alpha value is -1.38. The molecular weight excluding hydrogens is 184 g/mol. The number of hydrogen-bond donors (Lipinski definition) is 0.